The number of nitrogens with one attached hydrogen (secondary N) is 1. The first kappa shape index (κ1) is 19.1. The molecule has 0 saturated carbocycles. The largest absolute Gasteiger partial charge is 0.370 e. The molecule has 2 saturated heterocycles. The van der Waals surface area contributed by atoms with Crippen LogP contribution in [-0.4, -0.2) is 48.1 Å². The smallest absolute Gasteiger partial charge is 0.253 e. The van der Waals surface area contributed by atoms with Crippen molar-refractivity contribution in [1.82, 2.24) is 10.2 Å². The quantitative estimate of drug-likeness (QED) is 0.852. The molecule has 1 aromatic carbocycles. The molecule has 0 bridgehead atoms. The highest BCUT2D eigenvalue weighted by atomic mass is 32.1. The summed E-state index contributed by atoms with van der Waals surface area (Å²) in [6, 6.07) is 7.49. The molecule has 28 heavy (non-hydrogen) atoms. The number of halogens is 1. The average Bonchev–Trinajstić information content (AvgIpc) is 3.38. The first-order valence-electron chi connectivity index (χ1n) is 9.58. The van der Waals surface area contributed by atoms with Gasteiger partial charge in [-0.15, -0.1) is 0 Å². The van der Waals surface area contributed by atoms with Gasteiger partial charge in [0.1, 0.15) is 5.82 Å². The third-order valence-corrected chi connectivity index (χ3v) is 6.35. The number of carbonyl (C=O) groups is 2. The molecule has 0 aliphatic carbocycles. The van der Waals surface area contributed by atoms with Crippen LogP contribution in [0.15, 0.2) is 41.1 Å². The lowest BCUT2D eigenvalue weighted by atomic mass is 9.88. The van der Waals surface area contributed by atoms with Gasteiger partial charge in [0.05, 0.1) is 11.7 Å². The molecular formula is C21H23FN2O3S. The summed E-state index contributed by atoms with van der Waals surface area (Å²) in [5.74, 6) is -0.469. The van der Waals surface area contributed by atoms with Gasteiger partial charge in [-0.2, -0.15) is 11.3 Å². The fourth-order valence-electron chi connectivity index (χ4n) is 4.00. The summed E-state index contributed by atoms with van der Waals surface area (Å²) in [7, 11) is 0. The zero-order valence-electron chi connectivity index (χ0n) is 15.5. The summed E-state index contributed by atoms with van der Waals surface area (Å²) < 4.78 is 19.4. The van der Waals surface area contributed by atoms with E-state index in [9.17, 15) is 14.0 Å². The van der Waals surface area contributed by atoms with Gasteiger partial charge in [-0.1, -0.05) is 0 Å². The van der Waals surface area contributed by atoms with Crippen molar-refractivity contribution in [3.63, 3.8) is 0 Å². The van der Waals surface area contributed by atoms with E-state index in [1.807, 2.05) is 21.7 Å². The van der Waals surface area contributed by atoms with E-state index in [1.54, 1.807) is 0 Å². The van der Waals surface area contributed by atoms with E-state index in [0.29, 0.717) is 30.8 Å². The molecule has 3 heterocycles. The fourth-order valence-corrected chi connectivity index (χ4v) is 4.64. The second-order valence-corrected chi connectivity index (χ2v) is 8.26. The number of hydrogen-bond donors (Lipinski definition) is 1. The Hall–Kier alpha value is -2.25. The molecule has 0 radical (unpaired) electrons. The van der Waals surface area contributed by atoms with E-state index in [4.69, 9.17) is 4.74 Å². The number of nitrogens with zero attached hydrogens (tertiary/aromatic N) is 1. The average molecular weight is 402 g/mol. The minimum Gasteiger partial charge on any atom is -0.370 e. The molecule has 2 aliphatic rings. The van der Waals surface area contributed by atoms with Crippen molar-refractivity contribution < 1.29 is 18.7 Å². The molecule has 2 aliphatic heterocycles. The Morgan fingerprint density at radius 1 is 1.14 bits per heavy atom. The van der Waals surface area contributed by atoms with Crippen LogP contribution in [0.4, 0.5) is 4.39 Å². The molecule has 2 fully saturated rings. The Labute approximate surface area is 167 Å². The van der Waals surface area contributed by atoms with E-state index < -0.39 is 0 Å². The predicted octanol–water partition coefficient (Wildman–Crippen LogP) is 3.47. The molecule has 148 valence electrons. The minimum atomic E-state index is -0.342. The van der Waals surface area contributed by atoms with Crippen LogP contribution in [0, 0.1) is 5.82 Å². The number of hydrogen-bond acceptors (Lipinski definition) is 4. The van der Waals surface area contributed by atoms with Gasteiger partial charge in [0.25, 0.3) is 11.8 Å². The summed E-state index contributed by atoms with van der Waals surface area (Å²) in [6.45, 7) is 1.77. The second kappa shape index (κ2) is 8.01. The molecule has 5 nitrogen and oxygen atoms in total. The Balaban J connectivity index is 1.27. The lowest BCUT2D eigenvalue weighted by molar-refractivity contribution is -0.0712. The third kappa shape index (κ3) is 4.10. The van der Waals surface area contributed by atoms with E-state index in [0.717, 1.165) is 25.7 Å². The van der Waals surface area contributed by atoms with Crippen LogP contribution >= 0.6 is 11.3 Å². The van der Waals surface area contributed by atoms with Crippen molar-refractivity contribution >= 4 is 23.2 Å². The van der Waals surface area contributed by atoms with Gasteiger partial charge < -0.3 is 15.0 Å². The van der Waals surface area contributed by atoms with Gasteiger partial charge in [0.2, 0.25) is 0 Å². The summed E-state index contributed by atoms with van der Waals surface area (Å²) in [5.41, 5.74) is 1.00. The molecule has 1 unspecified atom stereocenters. The summed E-state index contributed by atoms with van der Waals surface area (Å²) in [4.78, 5) is 26.5. The van der Waals surface area contributed by atoms with Crippen LogP contribution in [-0.2, 0) is 4.74 Å². The number of piperidine rings is 1. The molecule has 1 atom stereocenters. The topological polar surface area (TPSA) is 58.6 Å². The van der Waals surface area contributed by atoms with Crippen molar-refractivity contribution in [3.05, 3.63) is 58.0 Å². The molecule has 7 heteroatoms. The van der Waals surface area contributed by atoms with Gasteiger partial charge in [-0.3, -0.25) is 9.59 Å². The van der Waals surface area contributed by atoms with E-state index in [1.165, 1.54) is 35.6 Å². The van der Waals surface area contributed by atoms with Crippen LogP contribution in [0.25, 0.3) is 0 Å². The van der Waals surface area contributed by atoms with Crippen molar-refractivity contribution in [2.75, 3.05) is 19.6 Å². The molecule has 4 rings (SSSR count). The highest BCUT2D eigenvalue weighted by Crippen LogP contribution is 2.39. The number of benzene rings is 1. The van der Waals surface area contributed by atoms with Crippen LogP contribution in [0.5, 0.6) is 0 Å². The summed E-state index contributed by atoms with van der Waals surface area (Å²) in [6.07, 6.45) is 3.45. The van der Waals surface area contributed by atoms with E-state index >= 15 is 0 Å². The Bertz CT molecular complexity index is 830. The molecule has 1 aromatic heterocycles. The van der Waals surface area contributed by atoms with Crippen molar-refractivity contribution in [2.45, 2.75) is 37.4 Å². The minimum absolute atomic E-state index is 0.0157. The van der Waals surface area contributed by atoms with E-state index in [-0.39, 0.29) is 29.3 Å². The Morgan fingerprint density at radius 2 is 1.89 bits per heavy atom. The lowest BCUT2D eigenvalue weighted by Gasteiger charge is -2.39. The highest BCUT2D eigenvalue weighted by molar-refractivity contribution is 7.08. The zero-order valence-corrected chi connectivity index (χ0v) is 16.3. The van der Waals surface area contributed by atoms with Crippen LogP contribution < -0.4 is 5.32 Å². The highest BCUT2D eigenvalue weighted by Gasteiger charge is 2.43. The van der Waals surface area contributed by atoms with Gasteiger partial charge in [-0.25, -0.2) is 4.39 Å². The maximum Gasteiger partial charge on any atom is 0.253 e. The maximum atomic E-state index is 13.1. The zero-order chi connectivity index (χ0) is 19.6. The van der Waals surface area contributed by atoms with Gasteiger partial charge in [0.15, 0.2) is 0 Å². The SMILES string of the molecule is O=C(NCC1CCC2(CCN(C(=O)c3ccc(F)cc3)CC2)O1)c1ccsc1. The summed E-state index contributed by atoms with van der Waals surface area (Å²) >= 11 is 1.50. The predicted molar refractivity (Wildman–Crippen MR) is 105 cm³/mol. The van der Waals surface area contributed by atoms with Crippen LogP contribution in [0.3, 0.4) is 0 Å². The second-order valence-electron chi connectivity index (χ2n) is 7.48. The first-order valence-corrected chi connectivity index (χ1v) is 10.5. The van der Waals surface area contributed by atoms with Crippen molar-refractivity contribution in [1.29, 1.82) is 0 Å². The molecule has 1 spiro atoms. The third-order valence-electron chi connectivity index (χ3n) is 5.67. The van der Waals surface area contributed by atoms with Crippen molar-refractivity contribution in [2.24, 2.45) is 0 Å². The molecule has 2 aromatic rings. The van der Waals surface area contributed by atoms with E-state index in [2.05, 4.69) is 5.32 Å². The Kier molecular flexibility index (Phi) is 5.46. The normalized spacial score (nSPS) is 21.0. The fraction of sp³-hybridized carbons (Fsp3) is 0.429. The molecule has 2 amide bonds. The number of thiophene rings is 1. The van der Waals surface area contributed by atoms with Gasteiger partial charge in [-0.05, 0) is 61.4 Å². The van der Waals surface area contributed by atoms with Crippen LogP contribution in [0.1, 0.15) is 46.4 Å². The van der Waals surface area contributed by atoms with Crippen molar-refractivity contribution in [3.8, 4) is 0 Å². The van der Waals surface area contributed by atoms with Gasteiger partial charge >= 0.3 is 0 Å². The Morgan fingerprint density at radius 3 is 2.57 bits per heavy atom. The number of carbonyl (C=O) groups excluding carboxylic acids is 2. The first-order chi connectivity index (χ1) is 13.5. The number of likely N-dealkylation sites (tertiary alicyclic amines) is 1. The lowest BCUT2D eigenvalue weighted by Crippen LogP contribution is -2.47. The monoisotopic (exact) mass is 402 g/mol. The van der Waals surface area contributed by atoms with Crippen LogP contribution in [0.2, 0.25) is 0 Å². The number of rotatable bonds is 4. The number of ether oxygens (including phenoxy) is 1. The molecule has 1 N–H and O–H groups in total. The van der Waals surface area contributed by atoms with Gasteiger partial charge in [0, 0.05) is 36.1 Å². The molecular weight excluding hydrogens is 379 g/mol. The maximum absolute atomic E-state index is 13.1. The number of amides is 2. The standard InChI is InChI=1S/C21H23FN2O3S/c22-17-3-1-15(2-4-17)20(26)24-10-8-21(9-11-24)7-5-18(27-21)13-23-19(25)16-6-12-28-14-16/h1-4,6,12,14,18H,5,7-11,13H2,(H,23,25). The summed E-state index contributed by atoms with van der Waals surface area (Å²) in [5, 5.41) is 6.67.